The van der Waals surface area contributed by atoms with Gasteiger partial charge < -0.3 is 10.1 Å². The lowest BCUT2D eigenvalue weighted by molar-refractivity contribution is 0.0600. The van der Waals surface area contributed by atoms with Crippen LogP contribution in [0.1, 0.15) is 15.9 Å². The average molecular weight is 298 g/mol. The van der Waals surface area contributed by atoms with E-state index in [1.54, 1.807) is 23.5 Å². The summed E-state index contributed by atoms with van der Waals surface area (Å²) in [4.78, 5) is 15.6. The van der Waals surface area contributed by atoms with Crippen LogP contribution in [-0.4, -0.2) is 18.1 Å². The molecular formula is C16H14N2O2S. The summed E-state index contributed by atoms with van der Waals surface area (Å²) in [6.07, 6.45) is 1.51. The van der Waals surface area contributed by atoms with Crippen molar-refractivity contribution in [2.75, 3.05) is 12.4 Å². The highest BCUT2D eigenvalue weighted by Crippen LogP contribution is 2.26. The molecule has 0 amide bonds. The molecule has 0 saturated carbocycles. The smallest absolute Gasteiger partial charge is 0.339 e. The van der Waals surface area contributed by atoms with Gasteiger partial charge in [-0.3, -0.25) is 0 Å². The number of benzene rings is 1. The van der Waals surface area contributed by atoms with Crippen molar-refractivity contribution in [3.05, 3.63) is 59.1 Å². The van der Waals surface area contributed by atoms with E-state index < -0.39 is 0 Å². The lowest BCUT2D eigenvalue weighted by Gasteiger charge is -2.05. The largest absolute Gasteiger partial charge is 0.465 e. The fourth-order valence-corrected chi connectivity index (χ4v) is 3.06. The van der Waals surface area contributed by atoms with Crippen molar-refractivity contribution < 1.29 is 9.53 Å². The number of rotatable bonds is 4. The van der Waals surface area contributed by atoms with Crippen molar-refractivity contribution in [3.8, 4) is 0 Å². The molecule has 2 aromatic heterocycles. The zero-order valence-electron chi connectivity index (χ0n) is 11.5. The molecule has 0 aliphatic carbocycles. The molecule has 1 aromatic carbocycles. The molecule has 106 valence electrons. The molecule has 1 N–H and O–H groups in total. The molecule has 0 atom stereocenters. The summed E-state index contributed by atoms with van der Waals surface area (Å²) >= 11 is 1.74. The van der Waals surface area contributed by atoms with E-state index in [9.17, 15) is 4.79 Å². The van der Waals surface area contributed by atoms with E-state index in [1.807, 2.05) is 12.1 Å². The molecule has 5 heteroatoms. The van der Waals surface area contributed by atoms with Crippen molar-refractivity contribution in [1.29, 1.82) is 0 Å². The first-order chi connectivity index (χ1) is 10.3. The van der Waals surface area contributed by atoms with Gasteiger partial charge in [0.15, 0.2) is 0 Å². The van der Waals surface area contributed by atoms with Crippen molar-refractivity contribution in [3.63, 3.8) is 0 Å². The fourth-order valence-electron chi connectivity index (χ4n) is 2.09. The highest BCUT2D eigenvalue weighted by molar-refractivity contribution is 7.17. The molecule has 0 aliphatic heterocycles. The van der Waals surface area contributed by atoms with Crippen LogP contribution in [-0.2, 0) is 11.3 Å². The third-order valence-electron chi connectivity index (χ3n) is 3.21. The number of carbonyl (C=O) groups excluding carboxylic acids is 1. The number of ether oxygens (including phenoxy) is 1. The van der Waals surface area contributed by atoms with Gasteiger partial charge in [0, 0.05) is 17.4 Å². The van der Waals surface area contributed by atoms with Crippen LogP contribution in [0.15, 0.2) is 48.0 Å². The number of hydrogen-bond acceptors (Lipinski definition) is 5. The molecule has 0 fully saturated rings. The van der Waals surface area contributed by atoms with E-state index in [1.165, 1.54) is 29.0 Å². The Balaban J connectivity index is 1.71. The standard InChI is InChI=1S/C16H14N2O2S/c1-20-16(19)11-6-7-15(17-8-11)18-9-12-10-21-14-5-3-2-4-13(12)14/h2-8,10H,9H2,1H3,(H,17,18). The fraction of sp³-hybridized carbons (Fsp3) is 0.125. The van der Waals surface area contributed by atoms with Crippen LogP contribution < -0.4 is 5.32 Å². The summed E-state index contributed by atoms with van der Waals surface area (Å²) < 4.78 is 5.93. The van der Waals surface area contributed by atoms with Gasteiger partial charge in [-0.05, 0) is 34.5 Å². The van der Waals surface area contributed by atoms with Gasteiger partial charge >= 0.3 is 5.97 Å². The minimum absolute atomic E-state index is 0.377. The highest BCUT2D eigenvalue weighted by atomic mass is 32.1. The van der Waals surface area contributed by atoms with Crippen molar-refractivity contribution in [1.82, 2.24) is 4.98 Å². The minimum atomic E-state index is -0.377. The Morgan fingerprint density at radius 1 is 1.29 bits per heavy atom. The van der Waals surface area contributed by atoms with Crippen LogP contribution in [0.5, 0.6) is 0 Å². The predicted octanol–water partition coefficient (Wildman–Crippen LogP) is 3.70. The number of aromatic nitrogens is 1. The van der Waals surface area contributed by atoms with E-state index in [0.29, 0.717) is 12.1 Å². The highest BCUT2D eigenvalue weighted by Gasteiger charge is 2.06. The molecule has 0 unspecified atom stereocenters. The number of carbonyl (C=O) groups is 1. The van der Waals surface area contributed by atoms with Crippen molar-refractivity contribution >= 4 is 33.2 Å². The summed E-state index contributed by atoms with van der Waals surface area (Å²) in [7, 11) is 1.36. The maximum atomic E-state index is 11.3. The molecule has 4 nitrogen and oxygen atoms in total. The van der Waals surface area contributed by atoms with E-state index in [0.717, 1.165) is 5.82 Å². The first-order valence-corrected chi connectivity index (χ1v) is 7.39. The lowest BCUT2D eigenvalue weighted by Crippen LogP contribution is -2.04. The zero-order chi connectivity index (χ0) is 14.7. The van der Waals surface area contributed by atoms with E-state index in [-0.39, 0.29) is 5.97 Å². The summed E-state index contributed by atoms with van der Waals surface area (Å²) in [6, 6.07) is 11.8. The van der Waals surface area contributed by atoms with Gasteiger partial charge in [-0.2, -0.15) is 0 Å². The van der Waals surface area contributed by atoms with Gasteiger partial charge in [0.2, 0.25) is 0 Å². The van der Waals surface area contributed by atoms with Gasteiger partial charge in [-0.25, -0.2) is 9.78 Å². The SMILES string of the molecule is COC(=O)c1ccc(NCc2csc3ccccc23)nc1. The average Bonchev–Trinajstić information content (AvgIpc) is 2.96. The predicted molar refractivity (Wildman–Crippen MR) is 84.7 cm³/mol. The van der Waals surface area contributed by atoms with Gasteiger partial charge in [0.25, 0.3) is 0 Å². The van der Waals surface area contributed by atoms with Crippen molar-refractivity contribution in [2.45, 2.75) is 6.54 Å². The van der Waals surface area contributed by atoms with Gasteiger partial charge in [0.05, 0.1) is 12.7 Å². The van der Waals surface area contributed by atoms with E-state index in [4.69, 9.17) is 0 Å². The third kappa shape index (κ3) is 2.87. The molecule has 0 spiro atoms. The number of nitrogens with zero attached hydrogens (tertiary/aromatic N) is 1. The Bertz CT molecular complexity index is 765. The maximum absolute atomic E-state index is 11.3. The Kier molecular flexibility index (Phi) is 3.83. The first kappa shape index (κ1) is 13.6. The molecular weight excluding hydrogens is 284 g/mol. The number of pyridine rings is 1. The van der Waals surface area contributed by atoms with Crippen LogP contribution in [0.2, 0.25) is 0 Å². The van der Waals surface area contributed by atoms with Crippen LogP contribution in [0.25, 0.3) is 10.1 Å². The van der Waals surface area contributed by atoms with Crippen LogP contribution >= 0.6 is 11.3 Å². The molecule has 3 aromatic rings. The minimum Gasteiger partial charge on any atom is -0.465 e. The molecule has 3 rings (SSSR count). The Morgan fingerprint density at radius 3 is 2.90 bits per heavy atom. The quantitative estimate of drug-likeness (QED) is 0.746. The number of hydrogen-bond donors (Lipinski definition) is 1. The summed E-state index contributed by atoms with van der Waals surface area (Å²) in [6.45, 7) is 0.703. The van der Waals surface area contributed by atoms with E-state index >= 15 is 0 Å². The molecule has 0 radical (unpaired) electrons. The number of nitrogens with one attached hydrogen (secondary N) is 1. The number of thiophene rings is 1. The van der Waals surface area contributed by atoms with Crippen LogP contribution in [0.4, 0.5) is 5.82 Å². The Labute approximate surface area is 126 Å². The maximum Gasteiger partial charge on any atom is 0.339 e. The Morgan fingerprint density at radius 2 is 2.14 bits per heavy atom. The molecule has 0 aliphatic rings. The number of fused-ring (bicyclic) bond motifs is 1. The van der Waals surface area contributed by atoms with Crippen molar-refractivity contribution in [2.24, 2.45) is 0 Å². The second-order valence-corrected chi connectivity index (χ2v) is 5.45. The molecule has 0 bridgehead atoms. The number of esters is 1. The van der Waals surface area contributed by atoms with Gasteiger partial charge in [0.1, 0.15) is 5.82 Å². The summed E-state index contributed by atoms with van der Waals surface area (Å²) in [5.41, 5.74) is 1.69. The monoisotopic (exact) mass is 298 g/mol. The molecule has 21 heavy (non-hydrogen) atoms. The number of methoxy groups -OCH3 is 1. The normalized spacial score (nSPS) is 10.5. The van der Waals surface area contributed by atoms with Crippen LogP contribution in [0.3, 0.4) is 0 Å². The van der Waals surface area contributed by atoms with E-state index in [2.05, 4.69) is 32.6 Å². The molecule has 0 saturated heterocycles. The van der Waals surface area contributed by atoms with Crippen LogP contribution in [0, 0.1) is 0 Å². The Hall–Kier alpha value is -2.40. The van der Waals surface area contributed by atoms with Gasteiger partial charge in [-0.15, -0.1) is 11.3 Å². The number of anilines is 1. The first-order valence-electron chi connectivity index (χ1n) is 6.51. The second kappa shape index (κ2) is 5.93. The molecule has 2 heterocycles. The van der Waals surface area contributed by atoms with Gasteiger partial charge in [-0.1, -0.05) is 18.2 Å². The summed E-state index contributed by atoms with van der Waals surface area (Å²) in [5, 5.41) is 6.69. The lowest BCUT2D eigenvalue weighted by atomic mass is 10.2. The topological polar surface area (TPSA) is 51.2 Å². The summed E-state index contributed by atoms with van der Waals surface area (Å²) in [5.74, 6) is 0.357. The zero-order valence-corrected chi connectivity index (χ0v) is 12.3. The second-order valence-electron chi connectivity index (χ2n) is 4.53. The third-order valence-corrected chi connectivity index (χ3v) is 4.22.